The van der Waals surface area contributed by atoms with Crippen LogP contribution in [0, 0.1) is 11.8 Å². The lowest BCUT2D eigenvalue weighted by atomic mass is 9.82. The molecule has 3 atom stereocenters. The highest BCUT2D eigenvalue weighted by molar-refractivity contribution is 5.92. The van der Waals surface area contributed by atoms with Gasteiger partial charge in [0.1, 0.15) is 0 Å². The van der Waals surface area contributed by atoms with Crippen molar-refractivity contribution in [3.63, 3.8) is 0 Å². The highest BCUT2D eigenvalue weighted by Crippen LogP contribution is 2.29. The minimum Gasteiger partial charge on any atom is -0.326 e. The number of hydrogen-bond acceptors (Lipinski definition) is 1. The van der Waals surface area contributed by atoms with Crippen LogP contribution in [0.25, 0.3) is 0 Å². The summed E-state index contributed by atoms with van der Waals surface area (Å²) in [4.78, 5) is 12.3. The third-order valence-electron chi connectivity index (χ3n) is 4.67. The summed E-state index contributed by atoms with van der Waals surface area (Å²) < 4.78 is 0. The molecule has 0 aromatic heterocycles. The predicted molar refractivity (Wildman–Crippen MR) is 84.9 cm³/mol. The second-order valence-corrected chi connectivity index (χ2v) is 6.39. The number of hydrogen-bond donors (Lipinski definition) is 1. The van der Waals surface area contributed by atoms with Gasteiger partial charge in [-0.25, -0.2) is 0 Å². The van der Waals surface area contributed by atoms with Crippen molar-refractivity contribution < 1.29 is 4.79 Å². The molecule has 20 heavy (non-hydrogen) atoms. The maximum Gasteiger partial charge on any atom is 0.227 e. The molecule has 2 rings (SSSR count). The summed E-state index contributed by atoms with van der Waals surface area (Å²) in [6.07, 6.45) is 5.68. The van der Waals surface area contributed by atoms with Crippen molar-refractivity contribution in [3.8, 4) is 0 Å². The molecule has 0 heterocycles. The van der Waals surface area contributed by atoms with Crippen LogP contribution in [0.2, 0.25) is 0 Å². The SMILES string of the molecule is CCC(C)c1ccc(NC(=O)[C@H]2CCC[C@@H](C)C2)cc1. The van der Waals surface area contributed by atoms with Gasteiger partial charge in [0, 0.05) is 11.6 Å². The number of benzene rings is 1. The zero-order valence-corrected chi connectivity index (χ0v) is 13.0. The van der Waals surface area contributed by atoms with Gasteiger partial charge in [-0.1, -0.05) is 45.7 Å². The van der Waals surface area contributed by atoms with Gasteiger partial charge in [-0.2, -0.15) is 0 Å². The van der Waals surface area contributed by atoms with Crippen molar-refractivity contribution >= 4 is 11.6 Å². The number of carbonyl (C=O) groups excluding carboxylic acids is 1. The number of amides is 1. The van der Waals surface area contributed by atoms with Gasteiger partial charge in [0.05, 0.1) is 0 Å². The fourth-order valence-electron chi connectivity index (χ4n) is 3.05. The van der Waals surface area contributed by atoms with Gasteiger partial charge in [0.15, 0.2) is 0 Å². The molecule has 110 valence electrons. The van der Waals surface area contributed by atoms with E-state index in [0.29, 0.717) is 11.8 Å². The molecule has 0 radical (unpaired) electrons. The fraction of sp³-hybridized carbons (Fsp3) is 0.611. The summed E-state index contributed by atoms with van der Waals surface area (Å²) in [6.45, 7) is 6.68. The molecule has 0 aliphatic heterocycles. The number of nitrogens with one attached hydrogen (secondary N) is 1. The van der Waals surface area contributed by atoms with Crippen LogP contribution in [0.1, 0.15) is 64.4 Å². The standard InChI is InChI=1S/C18H27NO/c1-4-14(3)15-8-10-17(11-9-15)19-18(20)16-7-5-6-13(2)12-16/h8-11,13-14,16H,4-7,12H2,1-3H3,(H,19,20)/t13-,14?,16+/m1/s1. The number of carbonyl (C=O) groups is 1. The third-order valence-corrected chi connectivity index (χ3v) is 4.67. The Bertz CT molecular complexity index is 437. The van der Waals surface area contributed by atoms with Crippen LogP contribution in [0.15, 0.2) is 24.3 Å². The van der Waals surface area contributed by atoms with E-state index in [9.17, 15) is 4.79 Å². The van der Waals surface area contributed by atoms with E-state index in [1.807, 2.05) is 12.1 Å². The van der Waals surface area contributed by atoms with E-state index < -0.39 is 0 Å². The lowest BCUT2D eigenvalue weighted by Crippen LogP contribution is -2.27. The van der Waals surface area contributed by atoms with Gasteiger partial charge >= 0.3 is 0 Å². The molecular formula is C18H27NO. The summed E-state index contributed by atoms with van der Waals surface area (Å²) in [5.41, 5.74) is 2.28. The summed E-state index contributed by atoms with van der Waals surface area (Å²) in [5.74, 6) is 1.67. The molecule has 1 aliphatic carbocycles. The minimum absolute atomic E-state index is 0.202. The highest BCUT2D eigenvalue weighted by Gasteiger charge is 2.24. The van der Waals surface area contributed by atoms with Gasteiger partial charge < -0.3 is 5.32 Å². The molecule has 1 unspecified atom stereocenters. The molecule has 1 aliphatic rings. The van der Waals surface area contributed by atoms with Gasteiger partial charge in [-0.05, 0) is 48.8 Å². The summed E-state index contributed by atoms with van der Waals surface area (Å²) >= 11 is 0. The maximum absolute atomic E-state index is 12.3. The molecule has 0 bridgehead atoms. The van der Waals surface area contributed by atoms with E-state index in [2.05, 4.69) is 38.2 Å². The van der Waals surface area contributed by atoms with E-state index >= 15 is 0 Å². The zero-order chi connectivity index (χ0) is 14.5. The second kappa shape index (κ2) is 6.92. The van der Waals surface area contributed by atoms with E-state index in [1.54, 1.807) is 0 Å². The zero-order valence-electron chi connectivity index (χ0n) is 13.0. The van der Waals surface area contributed by atoms with Crippen LogP contribution >= 0.6 is 0 Å². The molecule has 1 aromatic rings. The first-order valence-electron chi connectivity index (χ1n) is 8.01. The summed E-state index contributed by atoms with van der Waals surface area (Å²) in [7, 11) is 0. The monoisotopic (exact) mass is 273 g/mol. The smallest absolute Gasteiger partial charge is 0.227 e. The molecule has 2 nitrogen and oxygen atoms in total. The molecule has 1 aromatic carbocycles. The van der Waals surface area contributed by atoms with Gasteiger partial charge in [0.2, 0.25) is 5.91 Å². The molecular weight excluding hydrogens is 246 g/mol. The van der Waals surface area contributed by atoms with Crippen molar-refractivity contribution in [2.45, 2.75) is 58.8 Å². The average Bonchev–Trinajstić information content (AvgIpc) is 2.47. The van der Waals surface area contributed by atoms with Crippen LogP contribution in [0.5, 0.6) is 0 Å². The van der Waals surface area contributed by atoms with E-state index in [4.69, 9.17) is 0 Å². The Morgan fingerprint density at radius 1 is 1.30 bits per heavy atom. The van der Waals surface area contributed by atoms with Crippen LogP contribution < -0.4 is 5.32 Å². The van der Waals surface area contributed by atoms with Gasteiger partial charge in [0.25, 0.3) is 0 Å². The predicted octanol–water partition coefficient (Wildman–Crippen LogP) is 4.96. The molecule has 1 saturated carbocycles. The van der Waals surface area contributed by atoms with E-state index in [-0.39, 0.29) is 11.8 Å². The van der Waals surface area contributed by atoms with Crippen molar-refractivity contribution in [3.05, 3.63) is 29.8 Å². The summed E-state index contributed by atoms with van der Waals surface area (Å²) in [6, 6.07) is 8.33. The van der Waals surface area contributed by atoms with Crippen molar-refractivity contribution in [1.29, 1.82) is 0 Å². The Labute approximate surface area is 123 Å². The van der Waals surface area contributed by atoms with Crippen LogP contribution in [-0.4, -0.2) is 5.91 Å². The van der Waals surface area contributed by atoms with Crippen LogP contribution in [0.3, 0.4) is 0 Å². The molecule has 1 fully saturated rings. The average molecular weight is 273 g/mol. The topological polar surface area (TPSA) is 29.1 Å². The van der Waals surface area contributed by atoms with E-state index in [0.717, 1.165) is 24.9 Å². The normalized spacial score (nSPS) is 24.1. The lowest BCUT2D eigenvalue weighted by molar-refractivity contribution is -0.121. The molecule has 0 saturated heterocycles. The minimum atomic E-state index is 0.202. The van der Waals surface area contributed by atoms with Gasteiger partial charge in [-0.15, -0.1) is 0 Å². The Kier molecular flexibility index (Phi) is 5.22. The Morgan fingerprint density at radius 3 is 2.60 bits per heavy atom. The van der Waals surface area contributed by atoms with Gasteiger partial charge in [-0.3, -0.25) is 4.79 Å². The Morgan fingerprint density at radius 2 is 2.00 bits per heavy atom. The molecule has 0 spiro atoms. The number of anilines is 1. The Hall–Kier alpha value is -1.31. The first-order valence-corrected chi connectivity index (χ1v) is 8.01. The molecule has 1 N–H and O–H groups in total. The maximum atomic E-state index is 12.3. The van der Waals surface area contributed by atoms with Crippen molar-refractivity contribution in [1.82, 2.24) is 0 Å². The quantitative estimate of drug-likeness (QED) is 0.825. The highest BCUT2D eigenvalue weighted by atomic mass is 16.1. The van der Waals surface area contributed by atoms with Crippen LogP contribution in [0.4, 0.5) is 5.69 Å². The van der Waals surface area contributed by atoms with Crippen LogP contribution in [-0.2, 0) is 4.79 Å². The first-order chi connectivity index (χ1) is 9.60. The van der Waals surface area contributed by atoms with E-state index in [1.165, 1.54) is 18.4 Å². The molecule has 2 heteroatoms. The first kappa shape index (κ1) is 15.1. The molecule has 1 amide bonds. The fourth-order valence-corrected chi connectivity index (χ4v) is 3.05. The second-order valence-electron chi connectivity index (χ2n) is 6.39. The lowest BCUT2D eigenvalue weighted by Gasteiger charge is -2.25. The third kappa shape index (κ3) is 3.84. The van der Waals surface area contributed by atoms with Crippen molar-refractivity contribution in [2.24, 2.45) is 11.8 Å². The van der Waals surface area contributed by atoms with Crippen molar-refractivity contribution in [2.75, 3.05) is 5.32 Å². The summed E-state index contributed by atoms with van der Waals surface area (Å²) in [5, 5.41) is 3.08. The Balaban J connectivity index is 1.94. The largest absolute Gasteiger partial charge is 0.326 e. The number of rotatable bonds is 4.